The van der Waals surface area contributed by atoms with Crippen molar-refractivity contribution in [1.29, 1.82) is 0 Å². The van der Waals surface area contributed by atoms with Gasteiger partial charge in [-0.3, -0.25) is 0 Å². The highest BCUT2D eigenvalue weighted by Gasteiger charge is 2.09. The third-order valence-electron chi connectivity index (χ3n) is 2.47. The van der Waals surface area contributed by atoms with Crippen molar-refractivity contribution in [3.05, 3.63) is 27.1 Å². The molecule has 2 aromatic heterocycles. The van der Waals surface area contributed by atoms with E-state index in [1.807, 2.05) is 6.92 Å². The first-order valence-corrected chi connectivity index (χ1v) is 6.66. The monoisotopic (exact) mass is 283 g/mol. The van der Waals surface area contributed by atoms with Crippen LogP contribution in [0.25, 0.3) is 0 Å². The highest BCUT2D eigenvalue weighted by Crippen LogP contribution is 2.26. The fourth-order valence-electron chi connectivity index (χ4n) is 1.62. The summed E-state index contributed by atoms with van der Waals surface area (Å²) in [6.45, 7) is 4.69. The Hall–Kier alpha value is -1.40. The SMILES string of the molecule is CNc1c(Cl)ncnc1NCc1nc(C)sc1C. The number of nitrogens with zero attached hydrogens (tertiary/aromatic N) is 3. The number of anilines is 2. The van der Waals surface area contributed by atoms with E-state index in [0.717, 1.165) is 10.7 Å². The Morgan fingerprint density at radius 1 is 1.33 bits per heavy atom. The summed E-state index contributed by atoms with van der Waals surface area (Å²) < 4.78 is 0. The molecule has 7 heteroatoms. The molecular formula is C11H14ClN5S. The molecule has 2 N–H and O–H groups in total. The van der Waals surface area contributed by atoms with Gasteiger partial charge in [-0.2, -0.15) is 0 Å². The lowest BCUT2D eigenvalue weighted by Gasteiger charge is -2.10. The highest BCUT2D eigenvalue weighted by molar-refractivity contribution is 7.11. The summed E-state index contributed by atoms with van der Waals surface area (Å²) in [5.74, 6) is 0.683. The molecule has 2 heterocycles. The topological polar surface area (TPSA) is 62.7 Å². The van der Waals surface area contributed by atoms with Gasteiger partial charge < -0.3 is 10.6 Å². The van der Waals surface area contributed by atoms with Crippen molar-refractivity contribution in [2.45, 2.75) is 20.4 Å². The predicted octanol–water partition coefficient (Wildman–Crippen LogP) is 2.86. The van der Waals surface area contributed by atoms with E-state index < -0.39 is 0 Å². The van der Waals surface area contributed by atoms with Crippen LogP contribution < -0.4 is 10.6 Å². The fourth-order valence-corrected chi connectivity index (χ4v) is 2.69. The maximum Gasteiger partial charge on any atom is 0.157 e. The van der Waals surface area contributed by atoms with Gasteiger partial charge in [0.25, 0.3) is 0 Å². The second-order valence-corrected chi connectivity index (χ2v) is 5.49. The maximum absolute atomic E-state index is 5.98. The summed E-state index contributed by atoms with van der Waals surface area (Å²) in [7, 11) is 1.79. The van der Waals surface area contributed by atoms with Gasteiger partial charge in [-0.05, 0) is 13.8 Å². The Bertz CT molecular complexity index is 554. The smallest absolute Gasteiger partial charge is 0.157 e. The Kier molecular flexibility index (Phi) is 3.98. The van der Waals surface area contributed by atoms with Crippen LogP contribution in [0.3, 0.4) is 0 Å². The zero-order valence-corrected chi connectivity index (χ0v) is 12.0. The summed E-state index contributed by atoms with van der Waals surface area (Å²) >= 11 is 7.67. The van der Waals surface area contributed by atoms with E-state index in [4.69, 9.17) is 11.6 Å². The summed E-state index contributed by atoms with van der Waals surface area (Å²) in [6.07, 6.45) is 1.44. The quantitative estimate of drug-likeness (QED) is 0.845. The number of hydrogen-bond acceptors (Lipinski definition) is 6. The van der Waals surface area contributed by atoms with Crippen LogP contribution in [0.15, 0.2) is 6.33 Å². The van der Waals surface area contributed by atoms with Crippen LogP contribution in [0, 0.1) is 13.8 Å². The molecule has 0 atom stereocenters. The molecule has 96 valence electrons. The lowest BCUT2D eigenvalue weighted by atomic mass is 10.3. The van der Waals surface area contributed by atoms with Crippen LogP contribution in [0.2, 0.25) is 5.15 Å². The van der Waals surface area contributed by atoms with Crippen molar-refractivity contribution in [2.75, 3.05) is 17.7 Å². The van der Waals surface area contributed by atoms with Gasteiger partial charge in [-0.25, -0.2) is 15.0 Å². The van der Waals surface area contributed by atoms with Crippen molar-refractivity contribution >= 4 is 34.4 Å². The van der Waals surface area contributed by atoms with Crippen molar-refractivity contribution in [3.63, 3.8) is 0 Å². The Balaban J connectivity index is 2.15. The lowest BCUT2D eigenvalue weighted by Crippen LogP contribution is -2.06. The molecule has 18 heavy (non-hydrogen) atoms. The first-order chi connectivity index (χ1) is 8.61. The third-order valence-corrected chi connectivity index (χ3v) is 3.69. The second-order valence-electron chi connectivity index (χ2n) is 3.73. The minimum atomic E-state index is 0.404. The van der Waals surface area contributed by atoms with Crippen LogP contribution in [0.4, 0.5) is 11.5 Å². The molecule has 0 radical (unpaired) electrons. The molecule has 0 aromatic carbocycles. The van der Waals surface area contributed by atoms with Crippen molar-refractivity contribution in [1.82, 2.24) is 15.0 Å². The molecule has 2 aromatic rings. The largest absolute Gasteiger partial charge is 0.383 e. The van der Waals surface area contributed by atoms with E-state index in [-0.39, 0.29) is 0 Å². The van der Waals surface area contributed by atoms with E-state index in [2.05, 4.69) is 32.5 Å². The minimum Gasteiger partial charge on any atom is -0.383 e. The fraction of sp³-hybridized carbons (Fsp3) is 0.364. The Morgan fingerprint density at radius 2 is 2.11 bits per heavy atom. The molecule has 2 rings (SSSR count). The average molecular weight is 284 g/mol. The first-order valence-electron chi connectivity index (χ1n) is 5.47. The van der Waals surface area contributed by atoms with Gasteiger partial charge in [0, 0.05) is 11.9 Å². The van der Waals surface area contributed by atoms with E-state index in [1.54, 1.807) is 18.4 Å². The first kappa shape index (κ1) is 13.0. The number of thiazole rings is 1. The van der Waals surface area contributed by atoms with E-state index >= 15 is 0 Å². The van der Waals surface area contributed by atoms with Crippen molar-refractivity contribution in [2.24, 2.45) is 0 Å². The number of aromatic nitrogens is 3. The number of nitrogens with one attached hydrogen (secondary N) is 2. The number of rotatable bonds is 4. The third kappa shape index (κ3) is 2.70. The van der Waals surface area contributed by atoms with Gasteiger partial charge >= 0.3 is 0 Å². The molecular weight excluding hydrogens is 270 g/mol. The van der Waals surface area contributed by atoms with Crippen LogP contribution in [0.5, 0.6) is 0 Å². The maximum atomic E-state index is 5.98. The molecule has 0 amide bonds. The van der Waals surface area contributed by atoms with Gasteiger partial charge in [0.2, 0.25) is 0 Å². The summed E-state index contributed by atoms with van der Waals surface area (Å²) in [4.78, 5) is 13.8. The van der Waals surface area contributed by atoms with E-state index in [0.29, 0.717) is 23.2 Å². The zero-order valence-electron chi connectivity index (χ0n) is 10.4. The van der Waals surface area contributed by atoms with Crippen LogP contribution in [-0.2, 0) is 6.54 Å². The number of aryl methyl sites for hydroxylation is 2. The minimum absolute atomic E-state index is 0.404. The predicted molar refractivity (Wildman–Crippen MR) is 75.5 cm³/mol. The molecule has 0 saturated heterocycles. The molecule has 0 spiro atoms. The molecule has 0 aliphatic heterocycles. The molecule has 0 aliphatic rings. The Morgan fingerprint density at radius 3 is 2.72 bits per heavy atom. The Labute approximate surface area is 115 Å². The second kappa shape index (κ2) is 5.49. The summed E-state index contributed by atoms with van der Waals surface area (Å²) in [6, 6.07) is 0. The molecule has 0 fully saturated rings. The van der Waals surface area contributed by atoms with Gasteiger partial charge in [0.05, 0.1) is 17.2 Å². The van der Waals surface area contributed by atoms with Gasteiger partial charge in [-0.15, -0.1) is 11.3 Å². The van der Waals surface area contributed by atoms with Crippen LogP contribution in [-0.4, -0.2) is 22.0 Å². The molecule has 5 nitrogen and oxygen atoms in total. The summed E-state index contributed by atoms with van der Waals surface area (Å²) in [5.41, 5.74) is 1.73. The number of hydrogen-bond donors (Lipinski definition) is 2. The highest BCUT2D eigenvalue weighted by atomic mass is 35.5. The van der Waals surface area contributed by atoms with E-state index in [9.17, 15) is 0 Å². The zero-order chi connectivity index (χ0) is 13.1. The van der Waals surface area contributed by atoms with Crippen LogP contribution >= 0.6 is 22.9 Å². The molecule has 0 unspecified atom stereocenters. The van der Waals surface area contributed by atoms with Gasteiger partial charge in [0.15, 0.2) is 11.0 Å². The van der Waals surface area contributed by atoms with Gasteiger partial charge in [-0.1, -0.05) is 11.6 Å². The van der Waals surface area contributed by atoms with Crippen molar-refractivity contribution < 1.29 is 0 Å². The molecule has 0 saturated carbocycles. The standard InChI is InChI=1S/C11H14ClN5S/c1-6-8(17-7(2)18-6)4-14-11-9(13-3)10(12)15-5-16-11/h5,13H,4H2,1-3H3,(H,14,15,16). The van der Waals surface area contributed by atoms with Gasteiger partial charge in [0.1, 0.15) is 12.0 Å². The van der Waals surface area contributed by atoms with E-state index in [1.165, 1.54) is 11.2 Å². The van der Waals surface area contributed by atoms with Crippen LogP contribution in [0.1, 0.15) is 15.6 Å². The molecule has 0 aliphatic carbocycles. The number of halogens is 1. The molecule has 0 bridgehead atoms. The van der Waals surface area contributed by atoms with Crippen molar-refractivity contribution in [3.8, 4) is 0 Å². The normalized spacial score (nSPS) is 10.4. The summed E-state index contributed by atoms with van der Waals surface area (Å²) in [5, 5.41) is 7.68. The lowest BCUT2D eigenvalue weighted by molar-refractivity contribution is 1.01. The average Bonchev–Trinajstić information content (AvgIpc) is 2.65.